The zero-order chi connectivity index (χ0) is 19.5. The first kappa shape index (κ1) is 20.8. The molecule has 6 heteroatoms. The molecule has 1 unspecified atom stereocenters. The van der Waals surface area contributed by atoms with E-state index in [0.29, 0.717) is 6.61 Å². The van der Waals surface area contributed by atoms with Crippen LogP contribution in [-0.2, 0) is 24.6 Å². The van der Waals surface area contributed by atoms with Gasteiger partial charge in [0.1, 0.15) is 12.2 Å². The highest BCUT2D eigenvalue weighted by Gasteiger charge is 2.48. The molecule has 0 bridgehead atoms. The molecular formula is C21H30BrNO4. The van der Waals surface area contributed by atoms with Crippen molar-refractivity contribution >= 4 is 21.9 Å². The molecule has 2 aliphatic rings. The number of ether oxygens (including phenoxy) is 3. The Kier molecular flexibility index (Phi) is 6.31. The highest BCUT2D eigenvalue weighted by Crippen LogP contribution is 2.46. The summed E-state index contributed by atoms with van der Waals surface area (Å²) in [5, 5.41) is 3.41. The van der Waals surface area contributed by atoms with Crippen LogP contribution in [0.4, 0.5) is 0 Å². The van der Waals surface area contributed by atoms with Crippen molar-refractivity contribution in [2.75, 3.05) is 26.3 Å². The Morgan fingerprint density at radius 1 is 1.19 bits per heavy atom. The third-order valence-corrected chi connectivity index (χ3v) is 5.82. The normalized spacial score (nSPS) is 25.3. The molecule has 2 aliphatic heterocycles. The molecule has 5 nitrogen and oxygen atoms in total. The minimum Gasteiger partial charge on any atom is -0.458 e. The second-order valence-corrected chi connectivity index (χ2v) is 9.50. The highest BCUT2D eigenvalue weighted by atomic mass is 79.9. The molecule has 150 valence electrons. The lowest BCUT2D eigenvalue weighted by Gasteiger charge is -2.49. The Bertz CT molecular complexity index is 644. The Morgan fingerprint density at radius 3 is 2.48 bits per heavy atom. The molecule has 1 aromatic rings. The molecule has 2 fully saturated rings. The van der Waals surface area contributed by atoms with Gasteiger partial charge in [0.2, 0.25) is 0 Å². The first-order valence-electron chi connectivity index (χ1n) is 9.69. The van der Waals surface area contributed by atoms with Crippen LogP contribution >= 0.6 is 15.9 Å². The van der Waals surface area contributed by atoms with E-state index in [2.05, 4.69) is 33.4 Å². The molecule has 2 heterocycles. The van der Waals surface area contributed by atoms with Crippen molar-refractivity contribution in [3.05, 3.63) is 34.3 Å². The van der Waals surface area contributed by atoms with Gasteiger partial charge in [-0.25, -0.2) is 4.79 Å². The van der Waals surface area contributed by atoms with Gasteiger partial charge in [0, 0.05) is 17.3 Å². The van der Waals surface area contributed by atoms with Gasteiger partial charge in [-0.1, -0.05) is 28.1 Å². The van der Waals surface area contributed by atoms with E-state index in [1.807, 2.05) is 32.9 Å². The molecule has 0 amide bonds. The van der Waals surface area contributed by atoms with Crippen LogP contribution < -0.4 is 5.32 Å². The molecule has 0 radical (unpaired) electrons. The molecular weight excluding hydrogens is 410 g/mol. The molecule has 1 N–H and O–H groups in total. The number of piperidine rings is 1. The molecule has 1 spiro atoms. The molecule has 0 saturated carbocycles. The van der Waals surface area contributed by atoms with Crippen LogP contribution in [0.1, 0.15) is 52.0 Å². The van der Waals surface area contributed by atoms with E-state index in [9.17, 15) is 4.79 Å². The number of hydrogen-bond donors (Lipinski definition) is 1. The van der Waals surface area contributed by atoms with E-state index >= 15 is 0 Å². The van der Waals surface area contributed by atoms with Crippen molar-refractivity contribution in [3.63, 3.8) is 0 Å². The van der Waals surface area contributed by atoms with Crippen LogP contribution in [0.5, 0.6) is 0 Å². The van der Waals surface area contributed by atoms with Gasteiger partial charge in [-0.15, -0.1) is 0 Å². The van der Waals surface area contributed by atoms with Gasteiger partial charge < -0.3 is 19.5 Å². The minimum atomic E-state index is -0.535. The number of benzene rings is 1. The second-order valence-electron chi connectivity index (χ2n) is 8.58. The fraction of sp³-hybridized carbons (Fsp3) is 0.667. The summed E-state index contributed by atoms with van der Waals surface area (Å²) in [5.74, 6) is -0.329. The molecule has 0 aliphatic carbocycles. The van der Waals surface area contributed by atoms with Crippen LogP contribution in [0.15, 0.2) is 28.7 Å². The fourth-order valence-electron chi connectivity index (χ4n) is 4.07. The van der Waals surface area contributed by atoms with Gasteiger partial charge in [0.05, 0.1) is 17.8 Å². The topological polar surface area (TPSA) is 56.8 Å². The van der Waals surface area contributed by atoms with E-state index in [4.69, 9.17) is 14.2 Å². The van der Waals surface area contributed by atoms with Crippen molar-refractivity contribution in [1.82, 2.24) is 5.32 Å². The zero-order valence-corrected chi connectivity index (χ0v) is 18.1. The maximum Gasteiger partial charge on any atom is 0.332 e. The van der Waals surface area contributed by atoms with Crippen LogP contribution in [0.25, 0.3) is 0 Å². The van der Waals surface area contributed by atoms with E-state index in [0.717, 1.165) is 48.8 Å². The molecule has 1 aromatic carbocycles. The predicted octanol–water partition coefficient (Wildman–Crippen LogP) is 3.94. The lowest BCUT2D eigenvalue weighted by molar-refractivity contribution is -0.205. The summed E-state index contributed by atoms with van der Waals surface area (Å²) in [7, 11) is 0. The summed E-state index contributed by atoms with van der Waals surface area (Å²) in [5.41, 5.74) is -0.148. The van der Waals surface area contributed by atoms with Gasteiger partial charge >= 0.3 is 5.97 Å². The molecule has 2 saturated heterocycles. The van der Waals surface area contributed by atoms with Crippen LogP contribution in [0.3, 0.4) is 0 Å². The summed E-state index contributed by atoms with van der Waals surface area (Å²) in [6.45, 7) is 8.08. The number of rotatable bonds is 4. The maximum absolute atomic E-state index is 12.3. The van der Waals surface area contributed by atoms with Crippen molar-refractivity contribution in [3.8, 4) is 0 Å². The Morgan fingerprint density at radius 2 is 1.85 bits per heavy atom. The largest absolute Gasteiger partial charge is 0.458 e. The monoisotopic (exact) mass is 439 g/mol. The molecule has 0 aromatic heterocycles. The van der Waals surface area contributed by atoms with Gasteiger partial charge in [0.25, 0.3) is 0 Å². The Balaban J connectivity index is 1.83. The van der Waals surface area contributed by atoms with Crippen molar-refractivity contribution in [1.29, 1.82) is 0 Å². The van der Waals surface area contributed by atoms with Gasteiger partial charge in [-0.2, -0.15) is 0 Å². The standard InChI is InChI=1S/C21H30BrNO4/c1-19(2,3)27-18(24)14-26-21(16-4-6-17(22)7-5-16)10-13-25-20(15-21)8-11-23-12-9-20/h4-7,23H,8-15H2,1-3H3. The van der Waals surface area contributed by atoms with E-state index < -0.39 is 11.2 Å². The van der Waals surface area contributed by atoms with Gasteiger partial charge in [-0.3, -0.25) is 0 Å². The highest BCUT2D eigenvalue weighted by molar-refractivity contribution is 9.10. The molecule has 27 heavy (non-hydrogen) atoms. The third-order valence-electron chi connectivity index (χ3n) is 5.29. The van der Waals surface area contributed by atoms with E-state index in [1.54, 1.807) is 0 Å². The predicted molar refractivity (Wildman–Crippen MR) is 108 cm³/mol. The average Bonchev–Trinajstić information content (AvgIpc) is 2.60. The van der Waals surface area contributed by atoms with Crippen molar-refractivity contribution in [2.24, 2.45) is 0 Å². The van der Waals surface area contributed by atoms with Crippen LogP contribution in [0.2, 0.25) is 0 Å². The summed E-state index contributed by atoms with van der Waals surface area (Å²) >= 11 is 3.50. The Hall–Kier alpha value is -0.950. The molecule has 1 atom stereocenters. The summed E-state index contributed by atoms with van der Waals surface area (Å²) in [4.78, 5) is 12.3. The number of esters is 1. The van der Waals surface area contributed by atoms with Crippen molar-refractivity contribution in [2.45, 2.75) is 63.3 Å². The quantitative estimate of drug-likeness (QED) is 0.719. The first-order chi connectivity index (χ1) is 12.7. The minimum absolute atomic E-state index is 0.0539. The lowest BCUT2D eigenvalue weighted by atomic mass is 9.74. The third kappa shape index (κ3) is 5.31. The first-order valence-corrected chi connectivity index (χ1v) is 10.5. The van der Waals surface area contributed by atoms with Crippen LogP contribution in [0, 0.1) is 0 Å². The maximum atomic E-state index is 12.3. The average molecular weight is 440 g/mol. The zero-order valence-electron chi connectivity index (χ0n) is 16.5. The lowest BCUT2D eigenvalue weighted by Crippen LogP contribution is -2.53. The van der Waals surface area contributed by atoms with Gasteiger partial charge in [-0.05, 0) is 64.4 Å². The molecule has 3 rings (SSSR count). The number of carbonyl (C=O) groups is 1. The number of halogens is 1. The Labute approximate surface area is 170 Å². The SMILES string of the molecule is CC(C)(C)OC(=O)COC1(c2ccc(Br)cc2)CCOC2(CCNCC2)C1. The van der Waals surface area contributed by atoms with Crippen LogP contribution in [-0.4, -0.2) is 43.5 Å². The summed E-state index contributed by atoms with van der Waals surface area (Å²) in [6, 6.07) is 8.22. The van der Waals surface area contributed by atoms with Gasteiger partial charge in [0.15, 0.2) is 0 Å². The summed E-state index contributed by atoms with van der Waals surface area (Å²) < 4.78 is 19.1. The number of nitrogens with one attached hydrogen (secondary N) is 1. The van der Waals surface area contributed by atoms with Crippen molar-refractivity contribution < 1.29 is 19.0 Å². The van der Waals surface area contributed by atoms with E-state index in [-0.39, 0.29) is 18.2 Å². The smallest absolute Gasteiger partial charge is 0.332 e. The second kappa shape index (κ2) is 8.19. The number of carbonyl (C=O) groups excluding carboxylic acids is 1. The van der Waals surface area contributed by atoms with E-state index in [1.165, 1.54) is 0 Å². The number of hydrogen-bond acceptors (Lipinski definition) is 5. The fourth-order valence-corrected chi connectivity index (χ4v) is 4.33. The summed E-state index contributed by atoms with van der Waals surface area (Å²) in [6.07, 6.45) is 3.40.